The molecule has 126 valence electrons. The van der Waals surface area contributed by atoms with Crippen LogP contribution in [0, 0.1) is 19.8 Å². The number of nitrogen functional groups attached to an aromatic ring is 1. The maximum absolute atomic E-state index is 13.1. The van der Waals surface area contributed by atoms with E-state index < -0.39 is 5.91 Å². The van der Waals surface area contributed by atoms with E-state index in [9.17, 15) is 14.7 Å². The van der Waals surface area contributed by atoms with Gasteiger partial charge in [0.15, 0.2) is 0 Å². The van der Waals surface area contributed by atoms with E-state index in [-0.39, 0.29) is 28.6 Å². The molecule has 2 aromatic rings. The van der Waals surface area contributed by atoms with Crippen LogP contribution in [0.4, 0.5) is 5.82 Å². The zero-order valence-electron chi connectivity index (χ0n) is 14.0. The van der Waals surface area contributed by atoms with Crippen molar-refractivity contribution in [2.24, 2.45) is 11.7 Å². The first-order valence-corrected chi connectivity index (χ1v) is 7.88. The van der Waals surface area contributed by atoms with Crippen LogP contribution in [-0.4, -0.2) is 15.6 Å². The average Bonchev–Trinajstić information content (AvgIpc) is 3.23. The van der Waals surface area contributed by atoms with E-state index in [0.717, 1.165) is 12.0 Å². The van der Waals surface area contributed by atoms with Crippen molar-refractivity contribution < 1.29 is 9.90 Å². The van der Waals surface area contributed by atoms with E-state index in [0.29, 0.717) is 22.7 Å². The molecule has 1 heterocycles. The van der Waals surface area contributed by atoms with Crippen molar-refractivity contribution in [3.63, 3.8) is 0 Å². The van der Waals surface area contributed by atoms with Gasteiger partial charge in [-0.25, -0.2) is 0 Å². The second kappa shape index (κ2) is 5.40. The maximum Gasteiger partial charge on any atom is 0.260 e. The molecule has 1 aromatic carbocycles. The van der Waals surface area contributed by atoms with Gasteiger partial charge in [0.25, 0.3) is 11.5 Å². The molecule has 0 bridgehead atoms. The zero-order valence-corrected chi connectivity index (χ0v) is 14.0. The first-order valence-electron chi connectivity index (χ1n) is 7.88. The van der Waals surface area contributed by atoms with Gasteiger partial charge in [-0.05, 0) is 49.8 Å². The van der Waals surface area contributed by atoms with Crippen LogP contribution >= 0.6 is 0 Å². The number of aromatic hydroxyl groups is 1. The standard InChI is InChI=1S/C18H21N3O3/c1-8-4-5-14(22)10(3)15(8)21-16(19)13(17(20)23)7-12(18(21)24)11-6-9(11)2/h4-5,7,9,11,22H,6,19H2,1-3H3,(H2,20,23)/t9-,11-/m0/s1. The van der Waals surface area contributed by atoms with Gasteiger partial charge in [-0.1, -0.05) is 13.0 Å². The molecule has 1 amide bonds. The lowest BCUT2D eigenvalue weighted by molar-refractivity contribution is 0.100. The van der Waals surface area contributed by atoms with E-state index in [1.54, 1.807) is 19.1 Å². The second-order valence-corrected chi connectivity index (χ2v) is 6.60. The van der Waals surface area contributed by atoms with E-state index in [2.05, 4.69) is 6.92 Å². The molecular weight excluding hydrogens is 306 g/mol. The van der Waals surface area contributed by atoms with Crippen molar-refractivity contribution in [3.05, 3.63) is 50.8 Å². The van der Waals surface area contributed by atoms with Crippen LogP contribution in [0.2, 0.25) is 0 Å². The monoisotopic (exact) mass is 327 g/mol. The maximum atomic E-state index is 13.1. The summed E-state index contributed by atoms with van der Waals surface area (Å²) in [5.41, 5.74) is 13.8. The number of nitrogens with two attached hydrogens (primary N) is 2. The molecule has 0 radical (unpaired) electrons. The molecule has 3 rings (SSSR count). The van der Waals surface area contributed by atoms with Crippen LogP contribution in [0.15, 0.2) is 23.0 Å². The summed E-state index contributed by atoms with van der Waals surface area (Å²) < 4.78 is 1.31. The Morgan fingerprint density at radius 2 is 1.96 bits per heavy atom. The Kier molecular flexibility index (Phi) is 3.63. The molecule has 2 atom stereocenters. The van der Waals surface area contributed by atoms with Gasteiger partial charge in [0.1, 0.15) is 11.6 Å². The van der Waals surface area contributed by atoms with Crippen LogP contribution in [0.5, 0.6) is 5.75 Å². The summed E-state index contributed by atoms with van der Waals surface area (Å²) in [6.45, 7) is 5.59. The van der Waals surface area contributed by atoms with E-state index >= 15 is 0 Å². The molecule has 24 heavy (non-hydrogen) atoms. The lowest BCUT2D eigenvalue weighted by atomic mass is 10.0. The first kappa shape index (κ1) is 16.1. The molecule has 1 aromatic heterocycles. The minimum atomic E-state index is -0.675. The van der Waals surface area contributed by atoms with Gasteiger partial charge in [-0.3, -0.25) is 14.2 Å². The lowest BCUT2D eigenvalue weighted by Gasteiger charge is -2.19. The van der Waals surface area contributed by atoms with Crippen LogP contribution in [-0.2, 0) is 0 Å². The summed E-state index contributed by atoms with van der Waals surface area (Å²) in [4.78, 5) is 24.9. The largest absolute Gasteiger partial charge is 0.508 e. The van der Waals surface area contributed by atoms with Gasteiger partial charge in [-0.2, -0.15) is 0 Å². The number of hydrogen-bond donors (Lipinski definition) is 3. The van der Waals surface area contributed by atoms with Gasteiger partial charge in [0.2, 0.25) is 0 Å². The molecule has 5 N–H and O–H groups in total. The molecule has 1 aliphatic carbocycles. The van der Waals surface area contributed by atoms with Crippen molar-refractivity contribution in [1.29, 1.82) is 0 Å². The highest BCUT2D eigenvalue weighted by atomic mass is 16.3. The SMILES string of the molecule is Cc1ccc(O)c(C)c1-n1c(N)c(C(N)=O)cc([C@H]2C[C@@H]2C)c1=O. The smallest absolute Gasteiger partial charge is 0.260 e. The van der Waals surface area contributed by atoms with Crippen molar-refractivity contribution in [2.75, 3.05) is 5.73 Å². The Morgan fingerprint density at radius 3 is 2.50 bits per heavy atom. The minimum absolute atomic E-state index is 0.00125. The van der Waals surface area contributed by atoms with E-state index in [1.807, 2.05) is 6.92 Å². The number of carbonyl (C=O) groups is 1. The van der Waals surface area contributed by atoms with Crippen LogP contribution < -0.4 is 17.0 Å². The van der Waals surface area contributed by atoms with Crippen LogP contribution in [0.3, 0.4) is 0 Å². The zero-order chi connectivity index (χ0) is 17.8. The van der Waals surface area contributed by atoms with Gasteiger partial charge in [0.05, 0.1) is 11.3 Å². The lowest BCUT2D eigenvalue weighted by Crippen LogP contribution is -2.29. The molecule has 1 aliphatic rings. The van der Waals surface area contributed by atoms with Crippen molar-refractivity contribution in [1.82, 2.24) is 4.57 Å². The third-order valence-electron chi connectivity index (χ3n) is 4.87. The molecule has 6 nitrogen and oxygen atoms in total. The number of aryl methyl sites for hydroxylation is 1. The number of anilines is 1. The number of rotatable bonds is 3. The number of carbonyl (C=O) groups excluding carboxylic acids is 1. The van der Waals surface area contributed by atoms with Gasteiger partial charge >= 0.3 is 0 Å². The van der Waals surface area contributed by atoms with Gasteiger partial charge < -0.3 is 16.6 Å². The Labute approximate surface area is 139 Å². The molecule has 1 fully saturated rings. The third kappa shape index (κ3) is 2.35. The molecular formula is C18H21N3O3. The summed E-state index contributed by atoms with van der Waals surface area (Å²) in [7, 11) is 0. The number of amides is 1. The molecule has 0 aliphatic heterocycles. The number of benzene rings is 1. The number of primary amides is 1. The summed E-state index contributed by atoms with van der Waals surface area (Å²) in [6.07, 6.45) is 0.898. The summed E-state index contributed by atoms with van der Waals surface area (Å²) in [5.74, 6) is -0.109. The third-order valence-corrected chi connectivity index (χ3v) is 4.87. The fourth-order valence-electron chi connectivity index (χ4n) is 3.26. The number of phenolic OH excluding ortho intramolecular Hbond substituents is 1. The highest BCUT2D eigenvalue weighted by molar-refractivity contribution is 5.97. The van der Waals surface area contributed by atoms with Gasteiger partial charge in [0, 0.05) is 11.1 Å². The number of nitrogens with zero attached hydrogens (tertiary/aromatic N) is 1. The molecule has 0 saturated heterocycles. The normalized spacial score (nSPS) is 19.3. The quantitative estimate of drug-likeness (QED) is 0.800. The molecule has 6 heteroatoms. The fraction of sp³-hybridized carbons (Fsp3) is 0.333. The predicted octanol–water partition coefficient (Wildman–Crippen LogP) is 1.96. The summed E-state index contributed by atoms with van der Waals surface area (Å²) in [6, 6.07) is 4.80. The topological polar surface area (TPSA) is 111 Å². The molecule has 0 unspecified atom stereocenters. The highest BCUT2D eigenvalue weighted by Gasteiger charge is 2.37. The Bertz CT molecular complexity index is 915. The number of pyridine rings is 1. The van der Waals surface area contributed by atoms with Crippen molar-refractivity contribution in [2.45, 2.75) is 33.1 Å². The number of phenols is 1. The molecule has 1 saturated carbocycles. The van der Waals surface area contributed by atoms with E-state index in [1.165, 1.54) is 10.6 Å². The second-order valence-electron chi connectivity index (χ2n) is 6.60. The Morgan fingerprint density at radius 1 is 1.33 bits per heavy atom. The van der Waals surface area contributed by atoms with Gasteiger partial charge in [-0.15, -0.1) is 0 Å². The van der Waals surface area contributed by atoms with Crippen LogP contribution in [0.1, 0.15) is 46.3 Å². The van der Waals surface area contributed by atoms with Crippen molar-refractivity contribution >= 4 is 11.7 Å². The minimum Gasteiger partial charge on any atom is -0.508 e. The molecule has 0 spiro atoms. The number of aromatic nitrogens is 1. The Hall–Kier alpha value is -2.76. The van der Waals surface area contributed by atoms with E-state index in [4.69, 9.17) is 11.5 Å². The highest BCUT2D eigenvalue weighted by Crippen LogP contribution is 2.46. The first-order chi connectivity index (χ1) is 11.2. The predicted molar refractivity (Wildman–Crippen MR) is 92.6 cm³/mol. The Balaban J connectivity index is 2.40. The number of hydrogen-bond acceptors (Lipinski definition) is 4. The summed E-state index contributed by atoms with van der Waals surface area (Å²) in [5, 5.41) is 10.0. The van der Waals surface area contributed by atoms with Crippen LogP contribution in [0.25, 0.3) is 5.69 Å². The van der Waals surface area contributed by atoms with Crippen molar-refractivity contribution in [3.8, 4) is 11.4 Å². The summed E-state index contributed by atoms with van der Waals surface area (Å²) >= 11 is 0. The fourth-order valence-corrected chi connectivity index (χ4v) is 3.26. The average molecular weight is 327 g/mol.